The van der Waals surface area contributed by atoms with Gasteiger partial charge in [0.2, 0.25) is 10.0 Å². The van der Waals surface area contributed by atoms with Crippen molar-refractivity contribution in [2.75, 3.05) is 20.2 Å². The van der Waals surface area contributed by atoms with E-state index in [2.05, 4.69) is 10.0 Å². The van der Waals surface area contributed by atoms with Gasteiger partial charge in [0.1, 0.15) is 16.6 Å². The van der Waals surface area contributed by atoms with Crippen LogP contribution in [0.2, 0.25) is 0 Å². The largest absolute Gasteiger partial charge is 0.497 e. The number of fused-ring (bicyclic) bond motifs is 1. The molecule has 7 N–H and O–H groups in total. The SMILES string of the molecule is COc1ccc2nc(C(Cc3cccc(C(=N)N)c3)NS(=O)(=O)c3cccc(C(=O)NCCN)c3)sc2c1. The Labute approximate surface area is 224 Å². The molecule has 0 radical (unpaired) electrons. The van der Waals surface area contributed by atoms with Crippen molar-refractivity contribution in [3.05, 3.63) is 88.4 Å². The van der Waals surface area contributed by atoms with Crippen LogP contribution < -0.4 is 26.2 Å². The number of benzene rings is 3. The average Bonchev–Trinajstić information content (AvgIpc) is 3.35. The summed E-state index contributed by atoms with van der Waals surface area (Å²) in [6.07, 6.45) is 0.258. The molecule has 12 heteroatoms. The van der Waals surface area contributed by atoms with Crippen molar-refractivity contribution in [2.45, 2.75) is 17.4 Å². The number of amides is 1. The number of carbonyl (C=O) groups excluding carboxylic acids is 1. The van der Waals surface area contributed by atoms with E-state index in [0.717, 1.165) is 10.3 Å². The van der Waals surface area contributed by atoms with Crippen molar-refractivity contribution in [3.8, 4) is 5.75 Å². The zero-order valence-corrected chi connectivity index (χ0v) is 22.2. The predicted octanol–water partition coefficient (Wildman–Crippen LogP) is 2.54. The van der Waals surface area contributed by atoms with Gasteiger partial charge in [-0.15, -0.1) is 11.3 Å². The Kier molecular flexibility index (Phi) is 8.37. The highest BCUT2D eigenvalue weighted by Crippen LogP contribution is 2.32. The summed E-state index contributed by atoms with van der Waals surface area (Å²) >= 11 is 1.36. The molecule has 1 heterocycles. The quantitative estimate of drug-likeness (QED) is 0.140. The molecule has 0 aliphatic rings. The first-order valence-corrected chi connectivity index (χ1v) is 14.0. The maximum absolute atomic E-state index is 13.5. The number of sulfonamides is 1. The van der Waals surface area contributed by atoms with Crippen LogP contribution in [0.1, 0.15) is 32.5 Å². The molecule has 198 valence electrons. The molecule has 4 rings (SSSR count). The second kappa shape index (κ2) is 11.7. The number of thiazole rings is 1. The normalized spacial score (nSPS) is 12.3. The molecule has 0 aliphatic carbocycles. The lowest BCUT2D eigenvalue weighted by atomic mass is 10.0. The van der Waals surface area contributed by atoms with Crippen molar-refractivity contribution < 1.29 is 17.9 Å². The first-order valence-electron chi connectivity index (χ1n) is 11.7. The van der Waals surface area contributed by atoms with E-state index in [9.17, 15) is 13.2 Å². The van der Waals surface area contributed by atoms with Crippen LogP contribution in [0.5, 0.6) is 5.75 Å². The molecule has 0 spiro atoms. The van der Waals surface area contributed by atoms with Crippen LogP contribution in [-0.2, 0) is 16.4 Å². The standard InChI is InChI=1S/C26H28N6O4S2/c1-36-19-8-9-21-23(15-19)37-26(31-21)22(13-16-4-2-5-17(12-16)24(28)29)32-38(34,35)20-7-3-6-18(14-20)25(33)30-11-10-27/h2-9,12,14-15,22,32H,10-11,13,27H2,1H3,(H3,28,29)(H,30,33). The van der Waals surface area contributed by atoms with E-state index in [0.29, 0.717) is 21.8 Å². The van der Waals surface area contributed by atoms with Crippen LogP contribution in [-0.4, -0.2) is 45.3 Å². The maximum atomic E-state index is 13.5. The number of ether oxygens (including phenoxy) is 1. The molecule has 0 saturated heterocycles. The highest BCUT2D eigenvalue weighted by atomic mass is 32.2. The maximum Gasteiger partial charge on any atom is 0.251 e. The van der Waals surface area contributed by atoms with Gasteiger partial charge in [-0.25, -0.2) is 18.1 Å². The van der Waals surface area contributed by atoms with Gasteiger partial charge in [-0.2, -0.15) is 0 Å². The van der Waals surface area contributed by atoms with E-state index in [1.807, 2.05) is 18.2 Å². The smallest absolute Gasteiger partial charge is 0.251 e. The molecule has 0 fully saturated rings. The van der Waals surface area contributed by atoms with Crippen molar-refractivity contribution in [3.63, 3.8) is 0 Å². The van der Waals surface area contributed by atoms with E-state index in [-0.39, 0.29) is 35.8 Å². The topological polar surface area (TPSA) is 173 Å². The lowest BCUT2D eigenvalue weighted by molar-refractivity contribution is 0.0954. The highest BCUT2D eigenvalue weighted by Gasteiger charge is 2.26. The third kappa shape index (κ3) is 6.34. The monoisotopic (exact) mass is 552 g/mol. The fourth-order valence-corrected chi connectivity index (χ4v) is 6.19. The number of carbonyl (C=O) groups is 1. The molecule has 0 aliphatic heterocycles. The number of amidine groups is 1. The summed E-state index contributed by atoms with van der Waals surface area (Å²) in [6, 6.07) is 17.6. The number of rotatable bonds is 11. The molecule has 4 aromatic rings. The Bertz CT molecular complexity index is 1590. The van der Waals surface area contributed by atoms with Gasteiger partial charge in [0.15, 0.2) is 0 Å². The Hall–Kier alpha value is -3.84. The molecule has 1 amide bonds. The molecular weight excluding hydrogens is 524 g/mol. The van der Waals surface area contributed by atoms with E-state index < -0.39 is 22.0 Å². The first kappa shape index (κ1) is 27.2. The highest BCUT2D eigenvalue weighted by molar-refractivity contribution is 7.89. The molecular formula is C26H28N6O4S2. The zero-order chi connectivity index (χ0) is 27.3. The zero-order valence-electron chi connectivity index (χ0n) is 20.6. The summed E-state index contributed by atoms with van der Waals surface area (Å²) < 4.78 is 36.0. The van der Waals surface area contributed by atoms with Crippen molar-refractivity contribution in [2.24, 2.45) is 11.5 Å². The minimum absolute atomic E-state index is 0.0526. The Balaban J connectivity index is 1.71. The second-order valence-corrected chi connectivity index (χ2v) is 11.2. The molecule has 3 aromatic carbocycles. The number of hydrogen-bond donors (Lipinski definition) is 5. The van der Waals surface area contributed by atoms with E-state index >= 15 is 0 Å². The van der Waals surface area contributed by atoms with E-state index in [1.165, 1.54) is 35.6 Å². The van der Waals surface area contributed by atoms with Gasteiger partial charge in [0.25, 0.3) is 5.91 Å². The van der Waals surface area contributed by atoms with Gasteiger partial charge in [0.05, 0.1) is 28.3 Å². The minimum Gasteiger partial charge on any atom is -0.497 e. The van der Waals surface area contributed by atoms with Crippen LogP contribution in [0.4, 0.5) is 0 Å². The van der Waals surface area contributed by atoms with Crippen LogP contribution in [0, 0.1) is 5.41 Å². The van der Waals surface area contributed by atoms with E-state index in [1.54, 1.807) is 31.4 Å². The van der Waals surface area contributed by atoms with Gasteiger partial charge in [0, 0.05) is 24.2 Å². The van der Waals surface area contributed by atoms with Gasteiger partial charge >= 0.3 is 0 Å². The third-order valence-electron chi connectivity index (χ3n) is 5.72. The van der Waals surface area contributed by atoms with Gasteiger partial charge in [-0.3, -0.25) is 10.2 Å². The Morgan fingerprint density at radius 2 is 1.87 bits per heavy atom. The first-order chi connectivity index (χ1) is 18.2. The number of hydrogen-bond acceptors (Lipinski definition) is 8. The van der Waals surface area contributed by atoms with Gasteiger partial charge < -0.3 is 21.5 Å². The number of nitrogens with two attached hydrogens (primary N) is 2. The Morgan fingerprint density at radius 3 is 2.61 bits per heavy atom. The minimum atomic E-state index is -4.06. The Morgan fingerprint density at radius 1 is 1.11 bits per heavy atom. The molecule has 0 bridgehead atoms. The number of nitrogen functional groups attached to an aromatic ring is 1. The second-order valence-electron chi connectivity index (χ2n) is 8.45. The number of methoxy groups -OCH3 is 1. The average molecular weight is 553 g/mol. The van der Waals surface area contributed by atoms with Gasteiger partial charge in [-0.05, 0) is 54.4 Å². The van der Waals surface area contributed by atoms with Crippen molar-refractivity contribution in [1.29, 1.82) is 5.41 Å². The summed E-state index contributed by atoms with van der Waals surface area (Å²) in [6.45, 7) is 0.545. The third-order valence-corrected chi connectivity index (χ3v) is 8.32. The lowest BCUT2D eigenvalue weighted by Crippen LogP contribution is -2.31. The number of aromatic nitrogens is 1. The van der Waals surface area contributed by atoms with E-state index in [4.69, 9.17) is 26.6 Å². The molecule has 0 saturated carbocycles. The summed E-state index contributed by atoms with van der Waals surface area (Å²) in [5, 5.41) is 10.9. The molecule has 10 nitrogen and oxygen atoms in total. The fraction of sp³-hybridized carbons (Fsp3) is 0.192. The van der Waals surface area contributed by atoms with Crippen molar-refractivity contribution in [1.82, 2.24) is 15.0 Å². The van der Waals surface area contributed by atoms with Crippen LogP contribution in [0.3, 0.4) is 0 Å². The number of nitrogens with zero attached hydrogens (tertiary/aromatic N) is 1. The van der Waals surface area contributed by atoms with Crippen LogP contribution >= 0.6 is 11.3 Å². The summed E-state index contributed by atoms with van der Waals surface area (Å²) in [5.41, 5.74) is 13.3. The van der Waals surface area contributed by atoms with Crippen molar-refractivity contribution >= 4 is 43.3 Å². The predicted molar refractivity (Wildman–Crippen MR) is 148 cm³/mol. The fourth-order valence-electron chi connectivity index (χ4n) is 3.83. The summed E-state index contributed by atoms with van der Waals surface area (Å²) in [4.78, 5) is 17.0. The van der Waals surface area contributed by atoms with Crippen LogP contribution in [0.25, 0.3) is 10.2 Å². The molecule has 1 unspecified atom stereocenters. The molecule has 1 aromatic heterocycles. The number of nitrogens with one attached hydrogen (secondary N) is 3. The lowest BCUT2D eigenvalue weighted by Gasteiger charge is -2.18. The molecule has 1 atom stereocenters. The van der Waals surface area contributed by atoms with Gasteiger partial charge in [-0.1, -0.05) is 24.3 Å². The van der Waals surface area contributed by atoms with Crippen LogP contribution in [0.15, 0.2) is 71.6 Å². The summed E-state index contributed by atoms with van der Waals surface area (Å²) in [7, 11) is -2.48. The molecule has 38 heavy (non-hydrogen) atoms. The summed E-state index contributed by atoms with van der Waals surface area (Å²) in [5.74, 6) is 0.176.